The summed E-state index contributed by atoms with van der Waals surface area (Å²) < 4.78 is 8.17. The van der Waals surface area contributed by atoms with Crippen molar-refractivity contribution in [3.05, 3.63) is 30.3 Å². The van der Waals surface area contributed by atoms with Crippen molar-refractivity contribution < 1.29 is 4.57 Å². The topological polar surface area (TPSA) is 17.1 Å². The summed E-state index contributed by atoms with van der Waals surface area (Å²) in [4.78, 5) is 0. The molecule has 1 nitrogen and oxygen atoms in total. The van der Waals surface area contributed by atoms with E-state index in [-0.39, 0.29) is 0 Å². The standard InChI is InChI=1S/C6H7P.H2OP/c7-6-4-2-1-3-5-6;1-2/h1-5H,7H2;2H2/q;+1. The van der Waals surface area contributed by atoms with Gasteiger partial charge in [-0.1, -0.05) is 34.9 Å². The Kier molecular flexibility index (Phi) is 5.72. The molecule has 0 aliphatic heterocycles. The first kappa shape index (κ1) is 8.75. The number of hydrogen-bond donors (Lipinski definition) is 0. The van der Waals surface area contributed by atoms with Gasteiger partial charge < -0.3 is 0 Å². The van der Waals surface area contributed by atoms with E-state index >= 15 is 0 Å². The fourth-order valence-electron chi connectivity index (χ4n) is 0.453. The van der Waals surface area contributed by atoms with Crippen LogP contribution in [0.3, 0.4) is 0 Å². The molecule has 0 bridgehead atoms. The second kappa shape index (κ2) is 5.88. The minimum absolute atomic E-state index is 1.17. The maximum absolute atomic E-state index is 8.17. The molecular weight excluding hydrogens is 150 g/mol. The quantitative estimate of drug-likeness (QED) is 0.523. The lowest BCUT2D eigenvalue weighted by atomic mass is 10.4. The Balaban J connectivity index is 0.000000291. The Morgan fingerprint density at radius 3 is 1.78 bits per heavy atom. The van der Waals surface area contributed by atoms with Crippen LogP contribution in [-0.4, -0.2) is 0 Å². The lowest BCUT2D eigenvalue weighted by molar-refractivity contribution is 0.607. The van der Waals surface area contributed by atoms with E-state index in [1.807, 2.05) is 30.3 Å². The number of hydrogen-bond acceptors (Lipinski definition) is 1. The van der Waals surface area contributed by atoms with Gasteiger partial charge in [-0.25, -0.2) is 0 Å². The molecule has 0 aromatic heterocycles. The second-order valence-corrected chi connectivity index (χ2v) is 2.08. The summed E-state index contributed by atoms with van der Waals surface area (Å²) in [6.45, 7) is 0. The normalized spacial score (nSPS) is 7.22. The molecule has 0 amide bonds. The van der Waals surface area contributed by atoms with Crippen LogP contribution in [0.25, 0.3) is 0 Å². The van der Waals surface area contributed by atoms with Gasteiger partial charge in [0.2, 0.25) is 0 Å². The highest BCUT2D eigenvalue weighted by atomic mass is 31.0. The van der Waals surface area contributed by atoms with Gasteiger partial charge in [-0.15, -0.1) is 9.24 Å². The van der Waals surface area contributed by atoms with Crippen LogP contribution in [0.1, 0.15) is 0 Å². The zero-order chi connectivity index (χ0) is 7.11. The van der Waals surface area contributed by atoms with Crippen molar-refractivity contribution in [2.75, 3.05) is 0 Å². The lowest BCUT2D eigenvalue weighted by Gasteiger charge is -1.82. The van der Waals surface area contributed by atoms with Gasteiger partial charge in [-0.2, -0.15) is 0 Å². The van der Waals surface area contributed by atoms with Gasteiger partial charge in [0.1, 0.15) is 0 Å². The molecule has 2 unspecified atom stereocenters. The van der Waals surface area contributed by atoms with E-state index in [9.17, 15) is 0 Å². The summed E-state index contributed by atoms with van der Waals surface area (Å²) in [5.41, 5.74) is 0. The maximum Gasteiger partial charge on any atom is 0.310 e. The lowest BCUT2D eigenvalue weighted by Crippen LogP contribution is -1.82. The Morgan fingerprint density at radius 1 is 1.11 bits per heavy atom. The van der Waals surface area contributed by atoms with E-state index in [4.69, 9.17) is 4.57 Å². The van der Waals surface area contributed by atoms with Gasteiger partial charge in [0.25, 0.3) is 0 Å². The molecule has 9 heavy (non-hydrogen) atoms. The fraction of sp³-hybridized carbons (Fsp3) is 0. The van der Waals surface area contributed by atoms with E-state index < -0.39 is 0 Å². The Hall–Kier alpha value is -0.250. The van der Waals surface area contributed by atoms with Crippen LogP contribution in [-0.2, 0) is 4.57 Å². The molecule has 0 spiro atoms. The summed E-state index contributed by atoms with van der Waals surface area (Å²) in [7, 11) is 3.80. The zero-order valence-electron chi connectivity index (χ0n) is 4.95. The van der Waals surface area contributed by atoms with Gasteiger partial charge in [0, 0.05) is 0 Å². The molecular formula is C6H9OP2+. The molecule has 2 atom stereocenters. The van der Waals surface area contributed by atoms with Gasteiger partial charge in [-0.3, -0.25) is 0 Å². The molecule has 0 saturated heterocycles. The van der Waals surface area contributed by atoms with Gasteiger partial charge >= 0.3 is 9.12 Å². The second-order valence-electron chi connectivity index (χ2n) is 1.41. The third kappa shape index (κ3) is 4.27. The van der Waals surface area contributed by atoms with Gasteiger partial charge in [0.05, 0.1) is 0 Å². The van der Waals surface area contributed by atoms with Crippen molar-refractivity contribution in [2.45, 2.75) is 0 Å². The van der Waals surface area contributed by atoms with Gasteiger partial charge in [-0.05, 0) is 5.30 Å². The summed E-state index contributed by atoms with van der Waals surface area (Å²) in [5.74, 6) is 0. The average Bonchev–Trinajstić information content (AvgIpc) is 1.94. The smallest absolute Gasteiger partial charge is 0.106 e. The molecule has 3 heteroatoms. The SMILES string of the molecule is O=[PH2+].Pc1ccccc1. The molecule has 0 aliphatic carbocycles. The molecule has 48 valence electrons. The number of benzene rings is 1. The molecule has 0 N–H and O–H groups in total. The summed E-state index contributed by atoms with van der Waals surface area (Å²) in [6, 6.07) is 10.1. The van der Waals surface area contributed by atoms with Crippen LogP contribution in [0.5, 0.6) is 0 Å². The average molecular weight is 159 g/mol. The predicted molar refractivity (Wildman–Crippen MR) is 46.2 cm³/mol. The zero-order valence-corrected chi connectivity index (χ0v) is 7.26. The number of rotatable bonds is 0. The van der Waals surface area contributed by atoms with E-state index in [2.05, 4.69) is 9.24 Å². The van der Waals surface area contributed by atoms with Crippen molar-refractivity contribution in [1.82, 2.24) is 0 Å². The molecule has 0 heterocycles. The fourth-order valence-corrected chi connectivity index (χ4v) is 0.675. The van der Waals surface area contributed by atoms with Crippen LogP contribution in [0.4, 0.5) is 0 Å². The van der Waals surface area contributed by atoms with Crippen LogP contribution >= 0.6 is 18.4 Å². The van der Waals surface area contributed by atoms with Crippen molar-refractivity contribution in [3.63, 3.8) is 0 Å². The molecule has 0 radical (unpaired) electrons. The first-order chi connectivity index (χ1) is 4.39. The third-order valence-electron chi connectivity index (χ3n) is 0.800. The molecule has 0 saturated carbocycles. The van der Waals surface area contributed by atoms with E-state index in [1.54, 1.807) is 0 Å². The van der Waals surface area contributed by atoms with Crippen molar-refractivity contribution >= 4 is 23.7 Å². The monoisotopic (exact) mass is 159 g/mol. The Morgan fingerprint density at radius 2 is 1.56 bits per heavy atom. The predicted octanol–water partition coefficient (Wildman–Crippen LogP) is 1.39. The minimum atomic E-state index is 1.17. The summed E-state index contributed by atoms with van der Waals surface area (Å²) >= 11 is 0. The molecule has 0 fully saturated rings. The first-order valence-corrected chi connectivity index (χ1v) is 3.48. The van der Waals surface area contributed by atoms with Crippen molar-refractivity contribution in [3.8, 4) is 0 Å². The third-order valence-corrected chi connectivity index (χ3v) is 1.18. The van der Waals surface area contributed by atoms with E-state index in [0.29, 0.717) is 0 Å². The van der Waals surface area contributed by atoms with Crippen LogP contribution < -0.4 is 5.30 Å². The first-order valence-electron chi connectivity index (χ1n) is 2.44. The highest BCUT2D eigenvalue weighted by Crippen LogP contribution is 1.86. The minimum Gasteiger partial charge on any atom is -0.106 e. The van der Waals surface area contributed by atoms with Crippen molar-refractivity contribution in [1.29, 1.82) is 0 Å². The molecule has 1 aromatic rings. The highest BCUT2D eigenvalue weighted by molar-refractivity contribution is 7.27. The summed E-state index contributed by atoms with van der Waals surface area (Å²) in [6.07, 6.45) is 0. The van der Waals surface area contributed by atoms with Crippen LogP contribution in [0.15, 0.2) is 30.3 Å². The van der Waals surface area contributed by atoms with E-state index in [1.165, 1.54) is 14.4 Å². The van der Waals surface area contributed by atoms with Gasteiger partial charge in [0.15, 0.2) is 0 Å². The van der Waals surface area contributed by atoms with Crippen LogP contribution in [0, 0.1) is 0 Å². The highest BCUT2D eigenvalue weighted by Gasteiger charge is 1.72. The van der Waals surface area contributed by atoms with Crippen LogP contribution in [0.2, 0.25) is 0 Å². The Bertz CT molecular complexity index is 152. The molecule has 1 rings (SSSR count). The Labute approximate surface area is 59.3 Å². The maximum atomic E-state index is 8.17. The van der Waals surface area contributed by atoms with E-state index in [0.717, 1.165) is 0 Å². The summed E-state index contributed by atoms with van der Waals surface area (Å²) in [5, 5.41) is 1.24. The molecule has 1 aromatic carbocycles. The van der Waals surface area contributed by atoms with Crippen molar-refractivity contribution in [2.24, 2.45) is 0 Å². The molecule has 0 aliphatic rings. The largest absolute Gasteiger partial charge is 0.310 e.